The number of aromatic nitrogens is 2. The van der Waals surface area contributed by atoms with Crippen LogP contribution >= 0.6 is 11.6 Å². The molecule has 2 rings (SSSR count). The topological polar surface area (TPSA) is 38.9 Å². The second-order valence-electron chi connectivity index (χ2n) is 2.81. The van der Waals surface area contributed by atoms with Crippen molar-refractivity contribution in [3.8, 4) is 0 Å². The second-order valence-corrected chi connectivity index (χ2v) is 3.08. The first-order chi connectivity index (χ1) is 5.40. The molecule has 1 aromatic rings. The predicted molar refractivity (Wildman–Crippen MR) is 40.4 cm³/mol. The van der Waals surface area contributed by atoms with Gasteiger partial charge in [-0.25, -0.2) is 0 Å². The number of hydrogen-bond donors (Lipinski definition) is 0. The standard InChI is InChI=1S/C7H9ClN2O/c8-4-6-9-7(11-10-6)5-2-1-3-5/h5H,1-4H2. The SMILES string of the molecule is ClCc1noc(C2CCC2)n1. The van der Waals surface area contributed by atoms with Crippen LogP contribution in [0.15, 0.2) is 4.52 Å². The molecule has 0 amide bonds. The summed E-state index contributed by atoms with van der Waals surface area (Å²) in [6, 6.07) is 0. The molecule has 0 aromatic carbocycles. The van der Waals surface area contributed by atoms with Crippen LogP contribution in [0.3, 0.4) is 0 Å². The highest BCUT2D eigenvalue weighted by Gasteiger charge is 2.24. The highest BCUT2D eigenvalue weighted by atomic mass is 35.5. The fraction of sp³-hybridized carbons (Fsp3) is 0.714. The van der Waals surface area contributed by atoms with Gasteiger partial charge in [0, 0.05) is 5.92 Å². The van der Waals surface area contributed by atoms with Gasteiger partial charge in [-0.15, -0.1) is 11.6 Å². The average molecular weight is 173 g/mol. The maximum Gasteiger partial charge on any atom is 0.229 e. The molecule has 1 heterocycles. The van der Waals surface area contributed by atoms with E-state index in [1.54, 1.807) is 0 Å². The van der Waals surface area contributed by atoms with Crippen molar-refractivity contribution in [2.75, 3.05) is 0 Å². The fourth-order valence-corrected chi connectivity index (χ4v) is 1.25. The van der Waals surface area contributed by atoms with E-state index in [2.05, 4.69) is 10.1 Å². The van der Waals surface area contributed by atoms with E-state index in [4.69, 9.17) is 16.1 Å². The zero-order valence-electron chi connectivity index (χ0n) is 6.09. The highest BCUT2D eigenvalue weighted by molar-refractivity contribution is 6.16. The van der Waals surface area contributed by atoms with Crippen molar-refractivity contribution in [1.82, 2.24) is 10.1 Å². The van der Waals surface area contributed by atoms with Crippen molar-refractivity contribution in [3.05, 3.63) is 11.7 Å². The van der Waals surface area contributed by atoms with E-state index >= 15 is 0 Å². The van der Waals surface area contributed by atoms with E-state index in [1.807, 2.05) is 0 Å². The Hall–Kier alpha value is -0.570. The molecule has 60 valence electrons. The summed E-state index contributed by atoms with van der Waals surface area (Å²) in [5.41, 5.74) is 0. The molecular weight excluding hydrogens is 164 g/mol. The number of halogens is 1. The third kappa shape index (κ3) is 1.25. The summed E-state index contributed by atoms with van der Waals surface area (Å²) in [5, 5.41) is 3.72. The molecule has 1 saturated carbocycles. The Morgan fingerprint density at radius 3 is 2.82 bits per heavy atom. The molecule has 0 spiro atoms. The van der Waals surface area contributed by atoms with E-state index in [9.17, 15) is 0 Å². The van der Waals surface area contributed by atoms with Gasteiger partial charge in [0.2, 0.25) is 5.89 Å². The van der Waals surface area contributed by atoms with Crippen LogP contribution in [0.25, 0.3) is 0 Å². The number of alkyl halides is 1. The van der Waals surface area contributed by atoms with Gasteiger partial charge in [0.15, 0.2) is 5.82 Å². The van der Waals surface area contributed by atoms with E-state index in [-0.39, 0.29) is 0 Å². The van der Waals surface area contributed by atoms with Gasteiger partial charge in [-0.1, -0.05) is 11.6 Å². The second kappa shape index (κ2) is 2.81. The van der Waals surface area contributed by atoms with Crippen molar-refractivity contribution in [2.24, 2.45) is 0 Å². The van der Waals surface area contributed by atoms with Crippen LogP contribution in [-0.2, 0) is 5.88 Å². The van der Waals surface area contributed by atoms with Gasteiger partial charge < -0.3 is 4.52 Å². The molecule has 0 aliphatic heterocycles. The molecule has 0 radical (unpaired) electrons. The van der Waals surface area contributed by atoms with Crippen molar-refractivity contribution in [2.45, 2.75) is 31.1 Å². The lowest BCUT2D eigenvalue weighted by molar-refractivity contribution is 0.291. The van der Waals surface area contributed by atoms with E-state index in [0.717, 1.165) is 5.89 Å². The van der Waals surface area contributed by atoms with Crippen molar-refractivity contribution >= 4 is 11.6 Å². The monoisotopic (exact) mass is 172 g/mol. The fourth-order valence-electron chi connectivity index (χ4n) is 1.14. The molecule has 0 atom stereocenters. The average Bonchev–Trinajstić information content (AvgIpc) is 2.32. The third-order valence-electron chi connectivity index (χ3n) is 2.06. The maximum atomic E-state index is 5.52. The van der Waals surface area contributed by atoms with Crippen LogP contribution in [0.5, 0.6) is 0 Å². The van der Waals surface area contributed by atoms with Crippen molar-refractivity contribution in [1.29, 1.82) is 0 Å². The minimum atomic E-state index is 0.343. The van der Waals surface area contributed by atoms with Gasteiger partial charge in [-0.05, 0) is 12.8 Å². The van der Waals surface area contributed by atoms with Crippen LogP contribution in [0.1, 0.15) is 36.9 Å². The molecule has 1 aromatic heterocycles. The largest absolute Gasteiger partial charge is 0.339 e. The summed E-state index contributed by atoms with van der Waals surface area (Å²) >= 11 is 5.52. The molecule has 4 heteroatoms. The molecule has 0 N–H and O–H groups in total. The highest BCUT2D eigenvalue weighted by Crippen LogP contribution is 2.35. The summed E-state index contributed by atoms with van der Waals surface area (Å²) < 4.78 is 5.01. The Morgan fingerprint density at radius 1 is 1.55 bits per heavy atom. The van der Waals surface area contributed by atoms with Gasteiger partial charge in [-0.3, -0.25) is 0 Å². The third-order valence-corrected chi connectivity index (χ3v) is 2.30. The Bertz CT molecular complexity index is 244. The van der Waals surface area contributed by atoms with E-state index in [1.165, 1.54) is 19.3 Å². The predicted octanol–water partition coefficient (Wildman–Crippen LogP) is 2.08. The summed E-state index contributed by atoms with van der Waals surface area (Å²) in [6.07, 6.45) is 3.65. The summed E-state index contributed by atoms with van der Waals surface area (Å²) in [5.74, 6) is 2.23. The molecule has 3 nitrogen and oxygen atoms in total. The summed E-state index contributed by atoms with van der Waals surface area (Å²) in [6.45, 7) is 0. The Morgan fingerprint density at radius 2 is 2.36 bits per heavy atom. The first-order valence-corrected chi connectivity index (χ1v) is 4.32. The minimum Gasteiger partial charge on any atom is -0.339 e. The zero-order chi connectivity index (χ0) is 7.68. The summed E-state index contributed by atoms with van der Waals surface area (Å²) in [7, 11) is 0. The quantitative estimate of drug-likeness (QED) is 0.642. The van der Waals surface area contributed by atoms with Crippen LogP contribution in [-0.4, -0.2) is 10.1 Å². The number of hydrogen-bond acceptors (Lipinski definition) is 3. The number of nitrogens with zero attached hydrogens (tertiary/aromatic N) is 2. The Kier molecular flexibility index (Phi) is 1.82. The van der Waals surface area contributed by atoms with Crippen LogP contribution in [0, 0.1) is 0 Å². The van der Waals surface area contributed by atoms with E-state index in [0.29, 0.717) is 17.6 Å². The van der Waals surface area contributed by atoms with Crippen LogP contribution < -0.4 is 0 Å². The molecule has 1 aliphatic rings. The first-order valence-electron chi connectivity index (χ1n) is 3.78. The Labute approximate surface area is 69.7 Å². The van der Waals surface area contributed by atoms with Gasteiger partial charge in [0.1, 0.15) is 0 Å². The molecule has 11 heavy (non-hydrogen) atoms. The lowest BCUT2D eigenvalue weighted by Gasteiger charge is -2.20. The Balaban J connectivity index is 2.11. The van der Waals surface area contributed by atoms with E-state index < -0.39 is 0 Å². The molecule has 0 unspecified atom stereocenters. The van der Waals surface area contributed by atoms with Gasteiger partial charge in [-0.2, -0.15) is 4.98 Å². The van der Waals surface area contributed by atoms with Gasteiger partial charge in [0.25, 0.3) is 0 Å². The molecule has 1 fully saturated rings. The maximum absolute atomic E-state index is 5.52. The van der Waals surface area contributed by atoms with Gasteiger partial charge >= 0.3 is 0 Å². The lowest BCUT2D eigenvalue weighted by Crippen LogP contribution is -2.08. The van der Waals surface area contributed by atoms with Gasteiger partial charge in [0.05, 0.1) is 5.88 Å². The van der Waals surface area contributed by atoms with Crippen molar-refractivity contribution in [3.63, 3.8) is 0 Å². The van der Waals surface area contributed by atoms with Crippen LogP contribution in [0.4, 0.5) is 0 Å². The first kappa shape index (κ1) is 7.10. The smallest absolute Gasteiger partial charge is 0.229 e. The number of rotatable bonds is 2. The summed E-state index contributed by atoms with van der Waals surface area (Å²) in [4.78, 5) is 4.14. The van der Waals surface area contributed by atoms with Crippen molar-refractivity contribution < 1.29 is 4.52 Å². The molecular formula is C7H9ClN2O. The molecule has 0 bridgehead atoms. The van der Waals surface area contributed by atoms with Crippen LogP contribution in [0.2, 0.25) is 0 Å². The normalized spacial score (nSPS) is 18.3. The lowest BCUT2D eigenvalue weighted by atomic mass is 9.85. The molecule has 1 aliphatic carbocycles. The zero-order valence-corrected chi connectivity index (χ0v) is 6.84. The minimum absolute atomic E-state index is 0.343. The molecule has 0 saturated heterocycles.